The SMILES string of the molecule is COCCNCCOCC(F)F. The van der Waals surface area contributed by atoms with Gasteiger partial charge in [-0.3, -0.25) is 0 Å². The van der Waals surface area contributed by atoms with Crippen molar-refractivity contribution < 1.29 is 18.3 Å². The Labute approximate surface area is 71.0 Å². The van der Waals surface area contributed by atoms with Crippen molar-refractivity contribution in [1.82, 2.24) is 5.32 Å². The van der Waals surface area contributed by atoms with Gasteiger partial charge in [0.15, 0.2) is 0 Å². The minimum absolute atomic E-state index is 0.314. The molecular formula is C7H15F2NO2. The molecule has 0 rings (SSSR count). The van der Waals surface area contributed by atoms with Crippen LogP contribution in [0.3, 0.4) is 0 Å². The summed E-state index contributed by atoms with van der Waals surface area (Å²) >= 11 is 0. The summed E-state index contributed by atoms with van der Waals surface area (Å²) in [5.41, 5.74) is 0. The van der Waals surface area contributed by atoms with Crippen molar-refractivity contribution in [3.05, 3.63) is 0 Å². The lowest BCUT2D eigenvalue weighted by molar-refractivity contribution is 0.0185. The van der Waals surface area contributed by atoms with Gasteiger partial charge in [-0.1, -0.05) is 0 Å². The third-order valence-corrected chi connectivity index (χ3v) is 1.15. The highest BCUT2D eigenvalue weighted by molar-refractivity contribution is 4.44. The van der Waals surface area contributed by atoms with Crippen molar-refractivity contribution in [2.75, 3.05) is 40.0 Å². The Hall–Kier alpha value is -0.260. The number of methoxy groups -OCH3 is 1. The summed E-state index contributed by atoms with van der Waals surface area (Å²) in [5, 5.41) is 2.97. The molecule has 0 radical (unpaired) electrons. The van der Waals surface area contributed by atoms with Gasteiger partial charge < -0.3 is 14.8 Å². The largest absolute Gasteiger partial charge is 0.383 e. The number of rotatable bonds is 8. The van der Waals surface area contributed by atoms with E-state index >= 15 is 0 Å². The van der Waals surface area contributed by atoms with Crippen LogP contribution >= 0.6 is 0 Å². The van der Waals surface area contributed by atoms with Crippen LogP contribution in [0.15, 0.2) is 0 Å². The van der Waals surface area contributed by atoms with Gasteiger partial charge in [-0.15, -0.1) is 0 Å². The van der Waals surface area contributed by atoms with E-state index in [0.29, 0.717) is 26.3 Å². The lowest BCUT2D eigenvalue weighted by Crippen LogP contribution is -2.24. The van der Waals surface area contributed by atoms with Gasteiger partial charge in [0.05, 0.1) is 13.2 Å². The van der Waals surface area contributed by atoms with E-state index in [1.165, 1.54) is 0 Å². The van der Waals surface area contributed by atoms with Crippen LogP contribution in [-0.4, -0.2) is 46.4 Å². The van der Waals surface area contributed by atoms with Crippen molar-refractivity contribution in [3.63, 3.8) is 0 Å². The first-order valence-electron chi connectivity index (χ1n) is 3.83. The molecule has 0 bridgehead atoms. The third-order valence-electron chi connectivity index (χ3n) is 1.15. The molecule has 0 saturated heterocycles. The average molecular weight is 183 g/mol. The summed E-state index contributed by atoms with van der Waals surface area (Å²) in [5.74, 6) is 0. The van der Waals surface area contributed by atoms with Gasteiger partial charge in [-0.2, -0.15) is 0 Å². The zero-order valence-corrected chi connectivity index (χ0v) is 7.19. The maximum absolute atomic E-state index is 11.5. The van der Waals surface area contributed by atoms with Crippen molar-refractivity contribution in [3.8, 4) is 0 Å². The van der Waals surface area contributed by atoms with Gasteiger partial charge >= 0.3 is 0 Å². The van der Waals surface area contributed by atoms with E-state index in [1.54, 1.807) is 7.11 Å². The van der Waals surface area contributed by atoms with Gasteiger partial charge in [0, 0.05) is 20.2 Å². The number of ether oxygens (including phenoxy) is 2. The predicted octanol–water partition coefficient (Wildman–Crippen LogP) is 0.504. The lowest BCUT2D eigenvalue weighted by atomic mass is 10.6. The fourth-order valence-corrected chi connectivity index (χ4v) is 0.616. The molecule has 12 heavy (non-hydrogen) atoms. The summed E-state index contributed by atoms with van der Waals surface area (Å²) in [6.07, 6.45) is -2.37. The summed E-state index contributed by atoms with van der Waals surface area (Å²) < 4.78 is 32.4. The molecule has 0 heterocycles. The van der Waals surface area contributed by atoms with E-state index in [0.717, 1.165) is 0 Å². The highest BCUT2D eigenvalue weighted by atomic mass is 19.3. The van der Waals surface area contributed by atoms with E-state index in [9.17, 15) is 8.78 Å². The molecule has 5 heteroatoms. The van der Waals surface area contributed by atoms with Crippen molar-refractivity contribution >= 4 is 0 Å². The minimum atomic E-state index is -2.37. The Balaban J connectivity index is 2.82. The van der Waals surface area contributed by atoms with E-state index in [1.807, 2.05) is 0 Å². The van der Waals surface area contributed by atoms with E-state index < -0.39 is 13.0 Å². The molecule has 0 fully saturated rings. The van der Waals surface area contributed by atoms with Crippen LogP contribution in [0.25, 0.3) is 0 Å². The highest BCUT2D eigenvalue weighted by Crippen LogP contribution is 1.90. The average Bonchev–Trinajstić information content (AvgIpc) is 2.02. The van der Waals surface area contributed by atoms with Crippen LogP contribution in [-0.2, 0) is 9.47 Å². The first kappa shape index (κ1) is 11.7. The van der Waals surface area contributed by atoms with Crippen LogP contribution in [0.1, 0.15) is 0 Å². The molecule has 0 unspecified atom stereocenters. The second-order valence-corrected chi connectivity index (χ2v) is 2.21. The smallest absolute Gasteiger partial charge is 0.261 e. The maximum atomic E-state index is 11.5. The minimum Gasteiger partial charge on any atom is -0.383 e. The molecule has 0 aromatic carbocycles. The van der Waals surface area contributed by atoms with Crippen LogP contribution in [0.4, 0.5) is 8.78 Å². The Bertz CT molecular complexity index is 93.5. The van der Waals surface area contributed by atoms with Gasteiger partial charge in [0.2, 0.25) is 0 Å². The molecule has 0 aromatic rings. The standard InChI is InChI=1S/C7H15F2NO2/c1-11-4-2-10-3-5-12-6-7(8)9/h7,10H,2-6H2,1H3. The van der Waals surface area contributed by atoms with Gasteiger partial charge in [-0.05, 0) is 0 Å². The zero-order valence-electron chi connectivity index (χ0n) is 7.19. The molecule has 0 aliphatic heterocycles. The molecule has 0 atom stereocenters. The monoisotopic (exact) mass is 183 g/mol. The van der Waals surface area contributed by atoms with E-state index in [2.05, 4.69) is 10.1 Å². The molecule has 0 spiro atoms. The molecule has 0 amide bonds. The summed E-state index contributed by atoms with van der Waals surface area (Å²) in [6.45, 7) is 1.75. The van der Waals surface area contributed by atoms with Crippen molar-refractivity contribution in [2.24, 2.45) is 0 Å². The molecule has 3 nitrogen and oxygen atoms in total. The molecule has 74 valence electrons. The van der Waals surface area contributed by atoms with Gasteiger partial charge in [-0.25, -0.2) is 8.78 Å². The van der Waals surface area contributed by atoms with Crippen molar-refractivity contribution in [2.45, 2.75) is 6.43 Å². The van der Waals surface area contributed by atoms with Crippen LogP contribution < -0.4 is 5.32 Å². The molecule has 0 aromatic heterocycles. The van der Waals surface area contributed by atoms with Crippen LogP contribution in [0.2, 0.25) is 0 Å². The second-order valence-electron chi connectivity index (χ2n) is 2.21. The molecule has 0 aliphatic rings. The number of alkyl halides is 2. The Morgan fingerprint density at radius 1 is 1.25 bits per heavy atom. The summed E-state index contributed by atoms with van der Waals surface area (Å²) in [4.78, 5) is 0. The quantitative estimate of drug-likeness (QED) is 0.556. The van der Waals surface area contributed by atoms with E-state index in [-0.39, 0.29) is 0 Å². The first-order chi connectivity index (χ1) is 5.77. The van der Waals surface area contributed by atoms with Gasteiger partial charge in [0.25, 0.3) is 6.43 Å². The number of hydrogen-bond acceptors (Lipinski definition) is 3. The predicted molar refractivity (Wildman–Crippen MR) is 41.6 cm³/mol. The van der Waals surface area contributed by atoms with Crippen LogP contribution in [0.5, 0.6) is 0 Å². The lowest BCUT2D eigenvalue weighted by Gasteiger charge is -2.04. The van der Waals surface area contributed by atoms with Gasteiger partial charge in [0.1, 0.15) is 6.61 Å². The normalized spacial score (nSPS) is 11.0. The molecule has 0 saturated carbocycles. The third kappa shape index (κ3) is 9.74. The van der Waals surface area contributed by atoms with E-state index in [4.69, 9.17) is 4.74 Å². The number of halogens is 2. The fraction of sp³-hybridized carbons (Fsp3) is 1.00. The second kappa shape index (κ2) is 8.83. The molecular weight excluding hydrogens is 168 g/mol. The Morgan fingerprint density at radius 3 is 2.50 bits per heavy atom. The highest BCUT2D eigenvalue weighted by Gasteiger charge is 2.00. The number of nitrogens with one attached hydrogen (secondary N) is 1. The summed E-state index contributed by atoms with van der Waals surface area (Å²) in [6, 6.07) is 0. The summed E-state index contributed by atoms with van der Waals surface area (Å²) in [7, 11) is 1.61. The van der Waals surface area contributed by atoms with Crippen molar-refractivity contribution in [1.29, 1.82) is 0 Å². The molecule has 0 aliphatic carbocycles. The van der Waals surface area contributed by atoms with Crippen LogP contribution in [0, 0.1) is 0 Å². The Morgan fingerprint density at radius 2 is 1.92 bits per heavy atom. The first-order valence-corrected chi connectivity index (χ1v) is 3.83. The topological polar surface area (TPSA) is 30.5 Å². The Kier molecular flexibility index (Phi) is 8.64. The maximum Gasteiger partial charge on any atom is 0.261 e. The molecule has 1 N–H and O–H groups in total. The zero-order chi connectivity index (χ0) is 9.23. The fourth-order valence-electron chi connectivity index (χ4n) is 0.616. The number of hydrogen-bond donors (Lipinski definition) is 1.